The first kappa shape index (κ1) is 14.1. The number of hydrogen-bond acceptors (Lipinski definition) is 7. The zero-order chi connectivity index (χ0) is 14.4. The highest BCUT2D eigenvalue weighted by Gasteiger charge is 2.13. The predicted octanol–water partition coefficient (Wildman–Crippen LogP) is 0.284. The second-order valence-corrected chi connectivity index (χ2v) is 4.52. The molecule has 20 heavy (non-hydrogen) atoms. The molecule has 106 valence electrons. The Hall–Kier alpha value is -2.29. The van der Waals surface area contributed by atoms with Gasteiger partial charge < -0.3 is 19.5 Å². The maximum atomic E-state index is 11.5. The van der Waals surface area contributed by atoms with E-state index in [1.54, 1.807) is 12.1 Å². The molecule has 2 N–H and O–H groups in total. The van der Waals surface area contributed by atoms with Crippen molar-refractivity contribution in [3.05, 3.63) is 18.4 Å². The van der Waals surface area contributed by atoms with Crippen LogP contribution in [0.15, 0.2) is 32.5 Å². The molecule has 0 aliphatic rings. The number of carbonyl (C=O) groups is 2. The van der Waals surface area contributed by atoms with Crippen LogP contribution in [0.5, 0.6) is 0 Å². The van der Waals surface area contributed by atoms with Crippen molar-refractivity contribution in [3.8, 4) is 11.7 Å². The van der Waals surface area contributed by atoms with Crippen LogP contribution >= 0.6 is 11.8 Å². The van der Waals surface area contributed by atoms with Crippen LogP contribution in [-0.4, -0.2) is 41.4 Å². The first-order chi connectivity index (χ1) is 9.69. The van der Waals surface area contributed by atoms with Crippen LogP contribution in [0, 0.1) is 0 Å². The van der Waals surface area contributed by atoms with Crippen molar-refractivity contribution in [2.75, 3.05) is 19.3 Å². The van der Waals surface area contributed by atoms with Crippen molar-refractivity contribution in [3.63, 3.8) is 0 Å². The van der Waals surface area contributed by atoms with E-state index >= 15 is 0 Å². The molecule has 2 heterocycles. The Balaban J connectivity index is 1.80. The Kier molecular flexibility index (Phi) is 4.77. The van der Waals surface area contributed by atoms with Crippen molar-refractivity contribution in [2.45, 2.75) is 5.22 Å². The average molecular weight is 296 g/mol. The van der Waals surface area contributed by atoms with E-state index < -0.39 is 0 Å². The first-order valence-corrected chi connectivity index (χ1v) is 6.65. The molecule has 0 saturated carbocycles. The summed E-state index contributed by atoms with van der Waals surface area (Å²) >= 11 is 1.08. The predicted molar refractivity (Wildman–Crippen MR) is 69.8 cm³/mol. The molecule has 9 heteroatoms. The third kappa shape index (κ3) is 3.85. The van der Waals surface area contributed by atoms with Gasteiger partial charge >= 0.3 is 0 Å². The third-order valence-electron chi connectivity index (χ3n) is 2.19. The second-order valence-electron chi connectivity index (χ2n) is 3.59. The molecular weight excluding hydrogens is 284 g/mol. The van der Waals surface area contributed by atoms with Gasteiger partial charge in [0.2, 0.25) is 11.8 Å². The summed E-state index contributed by atoms with van der Waals surface area (Å²) in [6.07, 6.45) is 1.50. The number of carbonyl (C=O) groups excluding carboxylic acids is 2. The van der Waals surface area contributed by atoms with Crippen molar-refractivity contribution < 1.29 is 18.4 Å². The summed E-state index contributed by atoms with van der Waals surface area (Å²) < 4.78 is 10.4. The molecule has 0 aromatic carbocycles. The number of nitrogens with zero attached hydrogens (tertiary/aromatic N) is 2. The maximum Gasteiger partial charge on any atom is 0.284 e. The highest BCUT2D eigenvalue weighted by molar-refractivity contribution is 7.99. The molecule has 2 aromatic rings. The van der Waals surface area contributed by atoms with Gasteiger partial charge in [-0.25, -0.2) is 0 Å². The minimum Gasteiger partial charge on any atom is -0.459 e. The number of amides is 2. The van der Waals surface area contributed by atoms with E-state index in [1.165, 1.54) is 13.3 Å². The Morgan fingerprint density at radius 1 is 1.35 bits per heavy atom. The fourth-order valence-electron chi connectivity index (χ4n) is 1.21. The number of likely N-dealkylation sites (N-methyl/N-ethyl adjacent to an activating group) is 1. The van der Waals surface area contributed by atoms with Gasteiger partial charge in [-0.2, -0.15) is 0 Å². The molecule has 2 rings (SSSR count). The lowest BCUT2D eigenvalue weighted by atomic mass is 10.5. The maximum absolute atomic E-state index is 11.5. The average Bonchev–Trinajstić information content (AvgIpc) is 3.12. The quantitative estimate of drug-likeness (QED) is 0.737. The number of hydrogen-bond donors (Lipinski definition) is 2. The SMILES string of the molecule is CNC(=O)CNC(=O)CSc1nnc(-c2ccco2)o1. The Morgan fingerprint density at radius 3 is 2.90 bits per heavy atom. The van der Waals surface area contributed by atoms with E-state index in [0.29, 0.717) is 5.76 Å². The Labute approximate surface area is 118 Å². The molecular formula is C11H12N4O4S. The van der Waals surface area contributed by atoms with E-state index in [4.69, 9.17) is 8.83 Å². The lowest BCUT2D eigenvalue weighted by Crippen LogP contribution is -2.35. The molecule has 0 aliphatic heterocycles. The summed E-state index contributed by atoms with van der Waals surface area (Å²) in [6, 6.07) is 3.40. The number of aromatic nitrogens is 2. The van der Waals surface area contributed by atoms with Crippen LogP contribution in [0.3, 0.4) is 0 Å². The van der Waals surface area contributed by atoms with Crippen molar-refractivity contribution in [2.24, 2.45) is 0 Å². The van der Waals surface area contributed by atoms with Crippen LogP contribution in [0.1, 0.15) is 0 Å². The standard InChI is InChI=1S/C11H12N4O4S/c1-12-8(16)5-13-9(17)6-20-11-15-14-10(19-11)7-3-2-4-18-7/h2-4H,5-6H2,1H3,(H,12,16)(H,13,17). The minimum absolute atomic E-state index is 0.0582. The van der Waals surface area contributed by atoms with E-state index in [-0.39, 0.29) is 35.2 Å². The first-order valence-electron chi connectivity index (χ1n) is 5.66. The van der Waals surface area contributed by atoms with Gasteiger partial charge in [-0.3, -0.25) is 9.59 Å². The molecule has 0 atom stereocenters. The van der Waals surface area contributed by atoms with Crippen LogP contribution < -0.4 is 10.6 Å². The van der Waals surface area contributed by atoms with E-state index in [2.05, 4.69) is 20.8 Å². The van der Waals surface area contributed by atoms with Crippen molar-refractivity contribution in [1.29, 1.82) is 0 Å². The fourth-order valence-corrected chi connectivity index (χ4v) is 1.81. The Bertz CT molecular complexity index is 581. The van der Waals surface area contributed by atoms with Crippen molar-refractivity contribution in [1.82, 2.24) is 20.8 Å². The lowest BCUT2D eigenvalue weighted by molar-refractivity contribution is -0.124. The monoisotopic (exact) mass is 296 g/mol. The van der Waals surface area contributed by atoms with Crippen LogP contribution in [0.2, 0.25) is 0 Å². The van der Waals surface area contributed by atoms with Gasteiger partial charge in [-0.05, 0) is 12.1 Å². The molecule has 0 saturated heterocycles. The Morgan fingerprint density at radius 2 is 2.20 bits per heavy atom. The summed E-state index contributed by atoms with van der Waals surface area (Å²) in [7, 11) is 1.50. The highest BCUT2D eigenvalue weighted by Crippen LogP contribution is 2.22. The highest BCUT2D eigenvalue weighted by atomic mass is 32.2. The molecule has 0 aliphatic carbocycles. The number of furan rings is 1. The molecule has 0 unspecified atom stereocenters. The van der Waals surface area contributed by atoms with Gasteiger partial charge in [0, 0.05) is 7.05 Å². The zero-order valence-corrected chi connectivity index (χ0v) is 11.4. The second kappa shape index (κ2) is 6.75. The van der Waals surface area contributed by atoms with Gasteiger partial charge in [0.05, 0.1) is 18.6 Å². The van der Waals surface area contributed by atoms with E-state index in [9.17, 15) is 9.59 Å². The topological polar surface area (TPSA) is 110 Å². The number of rotatable bonds is 6. The molecule has 0 radical (unpaired) electrons. The molecule has 2 amide bonds. The van der Waals surface area contributed by atoms with Crippen molar-refractivity contribution >= 4 is 23.6 Å². The zero-order valence-electron chi connectivity index (χ0n) is 10.6. The van der Waals surface area contributed by atoms with Crippen LogP contribution in [-0.2, 0) is 9.59 Å². The molecule has 0 spiro atoms. The summed E-state index contributed by atoms with van der Waals surface area (Å²) in [5, 5.41) is 12.7. The molecule has 8 nitrogen and oxygen atoms in total. The summed E-state index contributed by atoms with van der Waals surface area (Å²) in [5.74, 6) is 0.242. The number of nitrogens with one attached hydrogen (secondary N) is 2. The largest absolute Gasteiger partial charge is 0.459 e. The van der Waals surface area contributed by atoms with Gasteiger partial charge in [0.25, 0.3) is 11.1 Å². The van der Waals surface area contributed by atoms with E-state index in [0.717, 1.165) is 11.8 Å². The molecule has 0 bridgehead atoms. The van der Waals surface area contributed by atoms with Crippen LogP contribution in [0.25, 0.3) is 11.7 Å². The summed E-state index contributed by atoms with van der Waals surface area (Å²) in [6.45, 7) is -0.0582. The van der Waals surface area contributed by atoms with Gasteiger partial charge in [-0.1, -0.05) is 11.8 Å². The lowest BCUT2D eigenvalue weighted by Gasteiger charge is -2.02. The number of thioether (sulfide) groups is 1. The summed E-state index contributed by atoms with van der Waals surface area (Å²) in [5.41, 5.74) is 0. The third-order valence-corrected chi connectivity index (χ3v) is 3.01. The smallest absolute Gasteiger partial charge is 0.284 e. The van der Waals surface area contributed by atoms with Gasteiger partial charge in [0.15, 0.2) is 5.76 Å². The molecule has 2 aromatic heterocycles. The minimum atomic E-state index is -0.295. The van der Waals surface area contributed by atoms with Crippen LogP contribution in [0.4, 0.5) is 0 Å². The summed E-state index contributed by atoms with van der Waals surface area (Å²) in [4.78, 5) is 22.4. The van der Waals surface area contributed by atoms with Gasteiger partial charge in [0.1, 0.15) is 0 Å². The normalized spacial score (nSPS) is 10.2. The van der Waals surface area contributed by atoms with Gasteiger partial charge in [-0.15, -0.1) is 10.2 Å². The van der Waals surface area contributed by atoms with E-state index in [1.807, 2.05) is 0 Å². The molecule has 0 fully saturated rings. The fraction of sp³-hybridized carbons (Fsp3) is 0.273.